The summed E-state index contributed by atoms with van der Waals surface area (Å²) in [7, 11) is 0. The first-order valence-corrected chi connectivity index (χ1v) is 7.37. The molecule has 3 nitrogen and oxygen atoms in total. The number of likely N-dealkylation sites (tertiary alicyclic amines) is 1. The minimum Gasteiger partial charge on any atom is -0.322 e. The van der Waals surface area contributed by atoms with Crippen LogP contribution in [0.1, 0.15) is 50.9 Å². The van der Waals surface area contributed by atoms with Gasteiger partial charge in [0.15, 0.2) is 0 Å². The Bertz CT molecular complexity index is 467. The summed E-state index contributed by atoms with van der Waals surface area (Å²) in [5, 5.41) is 0. The van der Waals surface area contributed by atoms with Gasteiger partial charge in [0.25, 0.3) is 0 Å². The van der Waals surface area contributed by atoms with Gasteiger partial charge in [-0.05, 0) is 70.2 Å². The predicted molar refractivity (Wildman–Crippen MR) is 77.9 cm³/mol. The van der Waals surface area contributed by atoms with Gasteiger partial charge in [0.1, 0.15) is 0 Å². The van der Waals surface area contributed by atoms with Gasteiger partial charge in [0.05, 0.1) is 11.7 Å². The van der Waals surface area contributed by atoms with Crippen molar-refractivity contribution in [1.82, 2.24) is 9.88 Å². The fourth-order valence-corrected chi connectivity index (χ4v) is 3.77. The standard InChI is InChI=1S/C16H25N3/c1-15(2,3)19-9-6-16(7-10-19)11-12-5-4-8-18-13(12)14(16)17/h4-5,8,14H,6-7,9-11,17H2,1-3H3. The normalized spacial score (nSPS) is 26.6. The molecule has 0 amide bonds. The second-order valence-corrected chi connectivity index (χ2v) is 7.22. The third-order valence-corrected chi connectivity index (χ3v) is 5.13. The lowest BCUT2D eigenvalue weighted by molar-refractivity contribution is 0.0341. The number of nitrogens with two attached hydrogens (primary N) is 1. The van der Waals surface area contributed by atoms with Crippen molar-refractivity contribution >= 4 is 0 Å². The van der Waals surface area contributed by atoms with E-state index in [0.29, 0.717) is 0 Å². The fraction of sp³-hybridized carbons (Fsp3) is 0.688. The van der Waals surface area contributed by atoms with Crippen LogP contribution in [0.25, 0.3) is 0 Å². The maximum atomic E-state index is 6.53. The lowest BCUT2D eigenvalue weighted by Gasteiger charge is -2.46. The highest BCUT2D eigenvalue weighted by atomic mass is 15.2. The van der Waals surface area contributed by atoms with Crippen LogP contribution < -0.4 is 5.73 Å². The first kappa shape index (κ1) is 13.1. The van der Waals surface area contributed by atoms with Crippen LogP contribution in [0.3, 0.4) is 0 Å². The maximum absolute atomic E-state index is 6.53. The van der Waals surface area contributed by atoms with E-state index in [1.54, 1.807) is 0 Å². The molecule has 2 aliphatic rings. The van der Waals surface area contributed by atoms with Gasteiger partial charge in [-0.2, -0.15) is 0 Å². The Kier molecular flexibility index (Phi) is 2.95. The quantitative estimate of drug-likeness (QED) is 0.778. The maximum Gasteiger partial charge on any atom is 0.0608 e. The Labute approximate surface area is 116 Å². The molecule has 1 unspecified atom stereocenters. The second-order valence-electron chi connectivity index (χ2n) is 7.22. The van der Waals surface area contributed by atoms with Crippen LogP contribution in [0.5, 0.6) is 0 Å². The number of rotatable bonds is 0. The number of hydrogen-bond donors (Lipinski definition) is 1. The zero-order valence-electron chi connectivity index (χ0n) is 12.3. The minimum absolute atomic E-state index is 0.130. The first-order chi connectivity index (χ1) is 8.92. The molecule has 0 saturated carbocycles. The summed E-state index contributed by atoms with van der Waals surface area (Å²) in [4.78, 5) is 7.10. The summed E-state index contributed by atoms with van der Waals surface area (Å²) in [6.45, 7) is 9.22. The van der Waals surface area contributed by atoms with Crippen molar-refractivity contribution in [2.24, 2.45) is 11.1 Å². The van der Waals surface area contributed by atoms with Gasteiger partial charge in [-0.1, -0.05) is 6.07 Å². The Morgan fingerprint density at radius 2 is 2.00 bits per heavy atom. The molecule has 0 radical (unpaired) electrons. The van der Waals surface area contributed by atoms with Crippen molar-refractivity contribution in [2.45, 2.75) is 51.6 Å². The van der Waals surface area contributed by atoms with E-state index < -0.39 is 0 Å². The predicted octanol–water partition coefficient (Wildman–Crippen LogP) is 2.52. The molecule has 3 heteroatoms. The molecule has 1 aromatic rings. The van der Waals surface area contributed by atoms with Crippen LogP contribution in [-0.4, -0.2) is 28.5 Å². The average molecular weight is 259 g/mol. The van der Waals surface area contributed by atoms with E-state index in [4.69, 9.17) is 5.73 Å². The van der Waals surface area contributed by atoms with Gasteiger partial charge in [-0.15, -0.1) is 0 Å². The van der Waals surface area contributed by atoms with E-state index in [1.165, 1.54) is 18.4 Å². The Hall–Kier alpha value is -0.930. The van der Waals surface area contributed by atoms with Crippen LogP contribution in [0, 0.1) is 5.41 Å². The smallest absolute Gasteiger partial charge is 0.0608 e. The topological polar surface area (TPSA) is 42.2 Å². The summed E-state index contributed by atoms with van der Waals surface area (Å²) < 4.78 is 0. The van der Waals surface area contributed by atoms with Crippen LogP contribution in [0.4, 0.5) is 0 Å². The number of nitrogens with zero attached hydrogens (tertiary/aromatic N) is 2. The highest BCUT2D eigenvalue weighted by Crippen LogP contribution is 2.50. The van der Waals surface area contributed by atoms with Crippen LogP contribution in [0.2, 0.25) is 0 Å². The summed E-state index contributed by atoms with van der Waals surface area (Å²) in [5.41, 5.74) is 9.58. The van der Waals surface area contributed by atoms with E-state index in [-0.39, 0.29) is 17.0 Å². The Balaban J connectivity index is 1.79. The lowest BCUT2D eigenvalue weighted by atomic mass is 9.73. The molecule has 2 heterocycles. The van der Waals surface area contributed by atoms with Crippen molar-refractivity contribution in [2.75, 3.05) is 13.1 Å². The third kappa shape index (κ3) is 2.09. The van der Waals surface area contributed by atoms with Gasteiger partial charge in [0, 0.05) is 11.7 Å². The highest BCUT2D eigenvalue weighted by Gasteiger charge is 2.47. The Morgan fingerprint density at radius 1 is 1.32 bits per heavy atom. The molecule has 2 N–H and O–H groups in total. The van der Waals surface area contributed by atoms with Gasteiger partial charge < -0.3 is 5.73 Å². The van der Waals surface area contributed by atoms with Crippen LogP contribution in [0.15, 0.2) is 18.3 Å². The molecule has 19 heavy (non-hydrogen) atoms. The number of fused-ring (bicyclic) bond motifs is 1. The third-order valence-electron chi connectivity index (χ3n) is 5.13. The number of hydrogen-bond acceptors (Lipinski definition) is 3. The minimum atomic E-state index is 0.130. The molecular formula is C16H25N3. The monoisotopic (exact) mass is 259 g/mol. The second kappa shape index (κ2) is 4.29. The summed E-state index contributed by atoms with van der Waals surface area (Å²) >= 11 is 0. The molecule has 3 rings (SSSR count). The van der Waals surface area contributed by atoms with Crippen molar-refractivity contribution < 1.29 is 0 Å². The molecule has 104 valence electrons. The molecule has 1 saturated heterocycles. The average Bonchev–Trinajstić information content (AvgIpc) is 2.63. The van der Waals surface area contributed by atoms with Crippen LogP contribution >= 0.6 is 0 Å². The SMILES string of the molecule is CC(C)(C)N1CCC2(CC1)Cc1cccnc1C2N. The van der Waals surface area contributed by atoms with E-state index in [1.807, 2.05) is 12.3 Å². The largest absolute Gasteiger partial charge is 0.322 e. The molecule has 1 fully saturated rings. The van der Waals surface area contributed by atoms with E-state index >= 15 is 0 Å². The van der Waals surface area contributed by atoms with E-state index in [9.17, 15) is 0 Å². The molecule has 0 bridgehead atoms. The fourth-order valence-electron chi connectivity index (χ4n) is 3.77. The van der Waals surface area contributed by atoms with E-state index in [0.717, 1.165) is 25.2 Å². The van der Waals surface area contributed by atoms with Crippen molar-refractivity contribution in [3.63, 3.8) is 0 Å². The molecule has 1 spiro atoms. The van der Waals surface area contributed by atoms with Gasteiger partial charge in [-0.25, -0.2) is 0 Å². The van der Waals surface area contributed by atoms with Crippen molar-refractivity contribution in [3.05, 3.63) is 29.6 Å². The number of piperidine rings is 1. The van der Waals surface area contributed by atoms with Crippen molar-refractivity contribution in [1.29, 1.82) is 0 Å². The zero-order chi connectivity index (χ0) is 13.7. The van der Waals surface area contributed by atoms with Gasteiger partial charge in [-0.3, -0.25) is 9.88 Å². The molecular weight excluding hydrogens is 234 g/mol. The molecule has 1 aromatic heterocycles. The molecule has 1 aliphatic carbocycles. The van der Waals surface area contributed by atoms with Crippen LogP contribution in [-0.2, 0) is 6.42 Å². The highest BCUT2D eigenvalue weighted by molar-refractivity contribution is 5.32. The number of pyridine rings is 1. The Morgan fingerprint density at radius 3 is 2.58 bits per heavy atom. The van der Waals surface area contributed by atoms with Gasteiger partial charge >= 0.3 is 0 Å². The molecule has 1 aliphatic heterocycles. The summed E-state index contributed by atoms with van der Waals surface area (Å²) in [6.07, 6.45) is 5.39. The molecule has 1 atom stereocenters. The summed E-state index contributed by atoms with van der Waals surface area (Å²) in [6, 6.07) is 4.37. The molecule has 0 aromatic carbocycles. The lowest BCUT2D eigenvalue weighted by Crippen LogP contribution is -2.51. The van der Waals surface area contributed by atoms with Gasteiger partial charge in [0.2, 0.25) is 0 Å². The summed E-state index contributed by atoms with van der Waals surface area (Å²) in [5.74, 6) is 0. The van der Waals surface area contributed by atoms with E-state index in [2.05, 4.69) is 36.7 Å². The van der Waals surface area contributed by atoms with Crippen molar-refractivity contribution in [3.8, 4) is 0 Å². The number of aromatic nitrogens is 1. The zero-order valence-corrected chi connectivity index (χ0v) is 12.3. The first-order valence-electron chi connectivity index (χ1n) is 7.37.